The minimum absolute atomic E-state index is 0.744. The van der Waals surface area contributed by atoms with Gasteiger partial charge in [-0.3, -0.25) is 0 Å². The Morgan fingerprint density at radius 1 is 1.40 bits per heavy atom. The summed E-state index contributed by atoms with van der Waals surface area (Å²) >= 11 is 0. The normalized spacial score (nSPS) is 10.5. The maximum Gasteiger partial charge on any atom is 0.159 e. The van der Waals surface area contributed by atoms with E-state index in [1.54, 1.807) is 10.9 Å². The number of aromatic nitrogens is 5. The van der Waals surface area contributed by atoms with E-state index in [1.165, 1.54) is 0 Å². The predicted molar refractivity (Wildman–Crippen MR) is 54.6 cm³/mol. The van der Waals surface area contributed by atoms with Crippen LogP contribution in [0.2, 0.25) is 0 Å². The van der Waals surface area contributed by atoms with Gasteiger partial charge in [0.2, 0.25) is 0 Å². The van der Waals surface area contributed by atoms with Gasteiger partial charge in [0.25, 0.3) is 0 Å². The van der Waals surface area contributed by atoms with Gasteiger partial charge in [0, 0.05) is 19.2 Å². The second-order valence-corrected chi connectivity index (χ2v) is 3.05. The SMILES string of the molecule is CNCCc1nnnn1-c1ccccn1. The van der Waals surface area contributed by atoms with Gasteiger partial charge in [0.05, 0.1) is 0 Å². The van der Waals surface area contributed by atoms with Crippen LogP contribution in [-0.2, 0) is 6.42 Å². The molecule has 0 atom stereocenters. The van der Waals surface area contributed by atoms with Crippen molar-refractivity contribution in [2.45, 2.75) is 6.42 Å². The Bertz CT molecular complexity index is 410. The highest BCUT2D eigenvalue weighted by Crippen LogP contribution is 2.03. The topological polar surface area (TPSA) is 68.5 Å². The van der Waals surface area contributed by atoms with Crippen molar-refractivity contribution in [1.29, 1.82) is 0 Å². The minimum Gasteiger partial charge on any atom is -0.319 e. The molecule has 0 aromatic carbocycles. The van der Waals surface area contributed by atoms with Crippen molar-refractivity contribution >= 4 is 0 Å². The third kappa shape index (κ3) is 2.16. The van der Waals surface area contributed by atoms with Crippen LogP contribution < -0.4 is 5.32 Å². The number of hydrogen-bond acceptors (Lipinski definition) is 5. The van der Waals surface area contributed by atoms with Crippen LogP contribution in [0.3, 0.4) is 0 Å². The Morgan fingerprint density at radius 2 is 2.33 bits per heavy atom. The summed E-state index contributed by atoms with van der Waals surface area (Å²) in [7, 11) is 1.90. The first-order chi connectivity index (χ1) is 7.42. The van der Waals surface area contributed by atoms with Crippen molar-refractivity contribution in [3.05, 3.63) is 30.2 Å². The molecular weight excluding hydrogens is 192 g/mol. The first-order valence-corrected chi connectivity index (χ1v) is 4.75. The fraction of sp³-hybridized carbons (Fsp3) is 0.333. The summed E-state index contributed by atoms with van der Waals surface area (Å²) in [5.74, 6) is 1.55. The number of hydrogen-bond donors (Lipinski definition) is 1. The first kappa shape index (κ1) is 9.72. The van der Waals surface area contributed by atoms with Crippen molar-refractivity contribution in [3.8, 4) is 5.82 Å². The molecule has 0 bridgehead atoms. The summed E-state index contributed by atoms with van der Waals surface area (Å²) in [5, 5.41) is 14.6. The summed E-state index contributed by atoms with van der Waals surface area (Å²) in [5.41, 5.74) is 0. The van der Waals surface area contributed by atoms with Gasteiger partial charge in [-0.2, -0.15) is 4.68 Å². The molecular formula is C9H12N6. The Balaban J connectivity index is 2.25. The molecule has 6 nitrogen and oxygen atoms in total. The third-order valence-corrected chi connectivity index (χ3v) is 2.00. The van der Waals surface area contributed by atoms with Crippen LogP contribution in [0.15, 0.2) is 24.4 Å². The van der Waals surface area contributed by atoms with E-state index in [4.69, 9.17) is 0 Å². The zero-order valence-electron chi connectivity index (χ0n) is 8.46. The van der Waals surface area contributed by atoms with Gasteiger partial charge in [-0.25, -0.2) is 4.98 Å². The molecule has 1 N–H and O–H groups in total. The van der Waals surface area contributed by atoms with Crippen molar-refractivity contribution < 1.29 is 0 Å². The number of nitrogens with one attached hydrogen (secondary N) is 1. The van der Waals surface area contributed by atoms with Crippen molar-refractivity contribution in [2.24, 2.45) is 0 Å². The minimum atomic E-state index is 0.744. The number of nitrogens with zero attached hydrogens (tertiary/aromatic N) is 5. The molecule has 0 aliphatic heterocycles. The third-order valence-electron chi connectivity index (χ3n) is 2.00. The Morgan fingerprint density at radius 3 is 3.07 bits per heavy atom. The highest BCUT2D eigenvalue weighted by molar-refractivity contribution is 5.20. The lowest BCUT2D eigenvalue weighted by molar-refractivity contribution is 0.706. The average molecular weight is 204 g/mol. The molecule has 15 heavy (non-hydrogen) atoms. The lowest BCUT2D eigenvalue weighted by Crippen LogP contribution is -2.14. The Kier molecular flexibility index (Phi) is 2.99. The van der Waals surface area contributed by atoms with E-state index in [2.05, 4.69) is 25.8 Å². The largest absolute Gasteiger partial charge is 0.319 e. The lowest BCUT2D eigenvalue weighted by Gasteiger charge is -2.02. The number of rotatable bonds is 4. The van der Waals surface area contributed by atoms with E-state index in [0.29, 0.717) is 0 Å². The van der Waals surface area contributed by atoms with E-state index in [9.17, 15) is 0 Å². The predicted octanol–water partition coefficient (Wildman–Crippen LogP) is -0.181. The van der Waals surface area contributed by atoms with E-state index in [1.807, 2.05) is 25.2 Å². The highest BCUT2D eigenvalue weighted by Gasteiger charge is 2.07. The summed E-state index contributed by atoms with van der Waals surface area (Å²) in [6, 6.07) is 5.65. The highest BCUT2D eigenvalue weighted by atomic mass is 15.6. The monoisotopic (exact) mass is 204 g/mol. The summed E-state index contributed by atoms with van der Waals surface area (Å²) in [6.07, 6.45) is 2.50. The molecule has 0 saturated carbocycles. The molecule has 0 spiro atoms. The summed E-state index contributed by atoms with van der Waals surface area (Å²) in [4.78, 5) is 4.19. The fourth-order valence-corrected chi connectivity index (χ4v) is 1.26. The van der Waals surface area contributed by atoms with Gasteiger partial charge < -0.3 is 5.32 Å². The van der Waals surface area contributed by atoms with Crippen LogP contribution >= 0.6 is 0 Å². The molecule has 0 aliphatic rings. The molecule has 0 unspecified atom stereocenters. The molecule has 2 rings (SSSR count). The molecule has 6 heteroatoms. The van der Waals surface area contributed by atoms with Crippen molar-refractivity contribution in [2.75, 3.05) is 13.6 Å². The molecule has 0 amide bonds. The van der Waals surface area contributed by atoms with E-state index < -0.39 is 0 Å². The maximum absolute atomic E-state index is 4.19. The number of tetrazole rings is 1. The molecule has 2 aromatic heterocycles. The molecule has 78 valence electrons. The first-order valence-electron chi connectivity index (χ1n) is 4.75. The van der Waals surface area contributed by atoms with E-state index in [0.717, 1.165) is 24.6 Å². The van der Waals surface area contributed by atoms with Crippen molar-refractivity contribution in [3.63, 3.8) is 0 Å². The zero-order valence-corrected chi connectivity index (χ0v) is 8.46. The van der Waals surface area contributed by atoms with Gasteiger partial charge in [-0.15, -0.1) is 5.10 Å². The number of likely N-dealkylation sites (N-methyl/N-ethyl adjacent to an activating group) is 1. The molecule has 2 heterocycles. The number of pyridine rings is 1. The van der Waals surface area contributed by atoms with Crippen LogP contribution in [0.25, 0.3) is 5.82 Å². The van der Waals surface area contributed by atoms with Crippen LogP contribution in [0.4, 0.5) is 0 Å². The zero-order chi connectivity index (χ0) is 10.5. The Hall–Kier alpha value is -1.82. The maximum atomic E-state index is 4.19. The molecule has 2 aromatic rings. The second kappa shape index (κ2) is 4.61. The molecule has 0 saturated heterocycles. The molecule has 0 fully saturated rings. The fourth-order valence-electron chi connectivity index (χ4n) is 1.26. The quantitative estimate of drug-likeness (QED) is 0.748. The van der Waals surface area contributed by atoms with E-state index >= 15 is 0 Å². The summed E-state index contributed by atoms with van der Waals surface area (Å²) < 4.78 is 1.65. The van der Waals surface area contributed by atoms with Gasteiger partial charge in [-0.1, -0.05) is 6.07 Å². The summed E-state index contributed by atoms with van der Waals surface area (Å²) in [6.45, 7) is 0.840. The second-order valence-electron chi connectivity index (χ2n) is 3.05. The molecule has 0 aliphatic carbocycles. The van der Waals surface area contributed by atoms with Crippen LogP contribution in [0.1, 0.15) is 5.82 Å². The average Bonchev–Trinajstić information content (AvgIpc) is 2.75. The lowest BCUT2D eigenvalue weighted by atomic mass is 10.4. The smallest absolute Gasteiger partial charge is 0.159 e. The van der Waals surface area contributed by atoms with Crippen LogP contribution in [0, 0.1) is 0 Å². The molecule has 0 radical (unpaired) electrons. The van der Waals surface area contributed by atoms with Crippen LogP contribution in [0.5, 0.6) is 0 Å². The van der Waals surface area contributed by atoms with Gasteiger partial charge in [-0.05, 0) is 29.6 Å². The standard InChI is InChI=1S/C9H12N6/c1-10-7-5-9-12-13-14-15(9)8-4-2-3-6-11-8/h2-4,6,10H,5,7H2,1H3. The van der Waals surface area contributed by atoms with Gasteiger partial charge in [0.15, 0.2) is 11.6 Å². The van der Waals surface area contributed by atoms with Crippen LogP contribution in [-0.4, -0.2) is 38.8 Å². The van der Waals surface area contributed by atoms with Gasteiger partial charge >= 0.3 is 0 Å². The van der Waals surface area contributed by atoms with Crippen molar-refractivity contribution in [1.82, 2.24) is 30.5 Å². The van der Waals surface area contributed by atoms with Gasteiger partial charge in [0.1, 0.15) is 0 Å². The van der Waals surface area contributed by atoms with E-state index in [-0.39, 0.29) is 0 Å². The Labute approximate surface area is 87.3 Å².